The van der Waals surface area contributed by atoms with Crippen LogP contribution >= 0.6 is 0 Å². The van der Waals surface area contributed by atoms with Crippen molar-refractivity contribution in [2.24, 2.45) is 17.8 Å². The van der Waals surface area contributed by atoms with Gasteiger partial charge in [0.25, 0.3) is 0 Å². The van der Waals surface area contributed by atoms with Gasteiger partial charge in [-0.2, -0.15) is 0 Å². The average molecular weight is 569 g/mol. The lowest BCUT2D eigenvalue weighted by Gasteiger charge is -2.44. The number of hydrogen-bond acceptors (Lipinski definition) is 6. The summed E-state index contributed by atoms with van der Waals surface area (Å²) >= 11 is 0. The normalized spacial score (nSPS) is 20.4. The van der Waals surface area contributed by atoms with Crippen molar-refractivity contribution in [2.45, 2.75) is 103 Å². The molecule has 0 aliphatic heterocycles. The minimum absolute atomic E-state index is 0.0214. The highest BCUT2D eigenvalue weighted by Gasteiger charge is 2.56. The molecule has 1 saturated carbocycles. The predicted octanol–water partition coefficient (Wildman–Crippen LogP) is 7.06. The van der Waals surface area contributed by atoms with Crippen LogP contribution in [-0.2, 0) is 36.7 Å². The summed E-state index contributed by atoms with van der Waals surface area (Å²) in [5.74, 6) is -3.20. The van der Waals surface area contributed by atoms with Gasteiger partial charge in [0.2, 0.25) is 0 Å². The first kappa shape index (κ1) is 32.0. The Morgan fingerprint density at radius 3 is 1.77 bits per heavy atom. The van der Waals surface area contributed by atoms with E-state index in [4.69, 9.17) is 13.9 Å². The molecular formula is C33H48O6Si. The number of aliphatic hydroxyl groups is 1. The summed E-state index contributed by atoms with van der Waals surface area (Å²) in [6.07, 6.45) is 2.96. The van der Waals surface area contributed by atoms with Gasteiger partial charge in [-0.25, -0.2) is 4.79 Å². The minimum atomic E-state index is -2.03. The van der Waals surface area contributed by atoms with Crippen LogP contribution in [0.25, 0.3) is 0 Å². The molecule has 2 atom stereocenters. The number of ether oxygens (including phenoxy) is 2. The van der Waals surface area contributed by atoms with E-state index in [1.807, 2.05) is 60.7 Å². The number of rotatable bonds is 11. The highest BCUT2D eigenvalue weighted by Crippen LogP contribution is 2.44. The minimum Gasteiger partial charge on any atom is -0.460 e. The van der Waals surface area contributed by atoms with Gasteiger partial charge in [-0.15, -0.1) is 0 Å². The molecular weight excluding hydrogens is 520 g/mol. The summed E-state index contributed by atoms with van der Waals surface area (Å²) in [5.41, 5.74) is -0.366. The fourth-order valence-electron chi connectivity index (χ4n) is 5.24. The largest absolute Gasteiger partial charge is 0.460 e. The van der Waals surface area contributed by atoms with Crippen molar-refractivity contribution in [3.63, 3.8) is 0 Å². The summed E-state index contributed by atoms with van der Waals surface area (Å²) in [5, 5.41) is 12.2. The van der Waals surface area contributed by atoms with Gasteiger partial charge in [-0.1, -0.05) is 95.3 Å². The molecule has 6 nitrogen and oxygen atoms in total. The third kappa shape index (κ3) is 7.83. The van der Waals surface area contributed by atoms with Gasteiger partial charge in [0, 0.05) is 6.10 Å². The van der Waals surface area contributed by atoms with Crippen LogP contribution in [0.3, 0.4) is 0 Å². The Labute approximate surface area is 241 Å². The van der Waals surface area contributed by atoms with Crippen molar-refractivity contribution in [1.29, 1.82) is 0 Å². The SMILES string of the molecule is CC(C)C(O)(C(=O)OCc1ccccc1)C(C(=O)OCc1ccccc1)C1CCC(O[Si](C)(C)C(C)(C)C)CC1. The maximum Gasteiger partial charge on any atom is 0.339 e. The molecule has 2 aromatic carbocycles. The highest BCUT2D eigenvalue weighted by molar-refractivity contribution is 6.74. The first-order chi connectivity index (χ1) is 18.8. The molecule has 0 aromatic heterocycles. The third-order valence-electron chi connectivity index (χ3n) is 8.83. The smallest absolute Gasteiger partial charge is 0.339 e. The molecule has 2 aromatic rings. The van der Waals surface area contributed by atoms with Gasteiger partial charge in [-0.05, 0) is 66.8 Å². The summed E-state index contributed by atoms with van der Waals surface area (Å²) in [6, 6.07) is 18.8. The fraction of sp³-hybridized carbons (Fsp3) is 0.576. The van der Waals surface area contributed by atoms with Gasteiger partial charge in [-0.3, -0.25) is 4.79 Å². The first-order valence-electron chi connectivity index (χ1n) is 14.6. The first-order valence-corrected chi connectivity index (χ1v) is 17.5. The molecule has 2 unspecified atom stereocenters. The molecule has 0 heterocycles. The number of carbonyl (C=O) groups is 2. The maximum absolute atomic E-state index is 13.8. The van der Waals surface area contributed by atoms with Gasteiger partial charge >= 0.3 is 11.9 Å². The zero-order chi connectivity index (χ0) is 29.6. The third-order valence-corrected chi connectivity index (χ3v) is 13.4. The average Bonchev–Trinajstić information content (AvgIpc) is 2.91. The van der Waals surface area contributed by atoms with Crippen molar-refractivity contribution in [3.05, 3.63) is 71.8 Å². The van der Waals surface area contributed by atoms with Gasteiger partial charge in [0.15, 0.2) is 13.9 Å². The molecule has 1 aliphatic rings. The Kier molecular flexibility index (Phi) is 10.8. The molecule has 40 heavy (non-hydrogen) atoms. The predicted molar refractivity (Wildman–Crippen MR) is 160 cm³/mol. The molecule has 0 saturated heterocycles. The van der Waals surface area contributed by atoms with Crippen LogP contribution in [0.15, 0.2) is 60.7 Å². The summed E-state index contributed by atoms with van der Waals surface area (Å²) < 4.78 is 18.1. The van der Waals surface area contributed by atoms with Crippen LogP contribution < -0.4 is 0 Å². The summed E-state index contributed by atoms with van der Waals surface area (Å²) in [7, 11) is -1.94. The zero-order valence-corrected chi connectivity index (χ0v) is 26.3. The summed E-state index contributed by atoms with van der Waals surface area (Å²) in [4.78, 5) is 27.4. The molecule has 1 fully saturated rings. The van der Waals surface area contributed by atoms with E-state index in [0.717, 1.165) is 24.0 Å². The van der Waals surface area contributed by atoms with E-state index in [2.05, 4.69) is 33.9 Å². The van der Waals surface area contributed by atoms with Crippen molar-refractivity contribution in [1.82, 2.24) is 0 Å². The van der Waals surface area contributed by atoms with E-state index >= 15 is 0 Å². The van der Waals surface area contributed by atoms with Crippen LogP contribution in [0.4, 0.5) is 0 Å². The Hall–Kier alpha value is -2.48. The Morgan fingerprint density at radius 1 is 0.850 bits per heavy atom. The topological polar surface area (TPSA) is 82.1 Å². The number of carbonyl (C=O) groups excluding carboxylic acids is 2. The van der Waals surface area contributed by atoms with Gasteiger partial charge < -0.3 is 19.0 Å². The Morgan fingerprint density at radius 2 is 1.32 bits per heavy atom. The van der Waals surface area contributed by atoms with Gasteiger partial charge in [0.05, 0.1) is 5.92 Å². The molecule has 3 rings (SSSR count). The van der Waals surface area contributed by atoms with Crippen molar-refractivity contribution in [3.8, 4) is 0 Å². The standard InChI is InChI=1S/C33H48O6Si/c1-24(2)33(36,31(35)38-23-26-16-12-9-13-17-26)29(30(34)37-22-25-14-10-8-11-15-25)27-18-20-28(21-19-27)39-40(6,7)32(3,4)5/h8-17,24,27-29,36H,18-23H2,1-7H3. The number of esters is 2. The molecule has 220 valence electrons. The number of benzene rings is 2. The Balaban J connectivity index is 1.82. The quantitative estimate of drug-likeness (QED) is 0.231. The second kappa shape index (κ2) is 13.5. The van der Waals surface area contributed by atoms with E-state index in [-0.39, 0.29) is 30.3 Å². The monoisotopic (exact) mass is 568 g/mol. The molecule has 7 heteroatoms. The van der Waals surface area contributed by atoms with Gasteiger partial charge in [0.1, 0.15) is 13.2 Å². The Bertz CT molecular complexity index is 1090. The van der Waals surface area contributed by atoms with E-state index in [1.165, 1.54) is 0 Å². The van der Waals surface area contributed by atoms with Crippen LogP contribution in [0.1, 0.15) is 71.4 Å². The zero-order valence-electron chi connectivity index (χ0n) is 25.3. The van der Waals surface area contributed by atoms with E-state index in [0.29, 0.717) is 12.8 Å². The second-order valence-electron chi connectivity index (χ2n) is 13.0. The maximum atomic E-state index is 13.8. The van der Waals surface area contributed by atoms with Crippen molar-refractivity contribution in [2.75, 3.05) is 0 Å². The molecule has 0 spiro atoms. The van der Waals surface area contributed by atoms with Crippen LogP contribution in [0, 0.1) is 17.8 Å². The van der Waals surface area contributed by atoms with Crippen LogP contribution in [-0.4, -0.2) is 37.1 Å². The van der Waals surface area contributed by atoms with E-state index in [9.17, 15) is 14.7 Å². The molecule has 0 amide bonds. The molecule has 0 radical (unpaired) electrons. The number of hydrogen-bond donors (Lipinski definition) is 1. The van der Waals surface area contributed by atoms with Crippen molar-refractivity contribution < 1.29 is 28.6 Å². The van der Waals surface area contributed by atoms with Crippen LogP contribution in [0.2, 0.25) is 18.1 Å². The molecule has 0 bridgehead atoms. The second-order valence-corrected chi connectivity index (χ2v) is 17.8. The molecule has 1 N–H and O–H groups in total. The van der Waals surface area contributed by atoms with Crippen LogP contribution in [0.5, 0.6) is 0 Å². The van der Waals surface area contributed by atoms with E-state index < -0.39 is 37.7 Å². The lowest BCUT2D eigenvalue weighted by Crippen LogP contribution is -2.57. The lowest BCUT2D eigenvalue weighted by molar-refractivity contribution is -0.195. The fourth-order valence-corrected chi connectivity index (χ4v) is 6.67. The summed E-state index contributed by atoms with van der Waals surface area (Å²) in [6.45, 7) is 14.8. The lowest BCUT2D eigenvalue weighted by atomic mass is 9.67. The van der Waals surface area contributed by atoms with E-state index in [1.54, 1.807) is 13.8 Å². The van der Waals surface area contributed by atoms with Crippen molar-refractivity contribution >= 4 is 20.3 Å². The highest BCUT2D eigenvalue weighted by atomic mass is 28.4. The molecule has 1 aliphatic carbocycles.